The number of anilines is 1. The Morgan fingerprint density at radius 1 is 1.19 bits per heavy atom. The van der Waals surface area contributed by atoms with Gasteiger partial charge in [0.05, 0.1) is 30.0 Å². The van der Waals surface area contributed by atoms with E-state index in [1.54, 1.807) is 17.9 Å². The maximum absolute atomic E-state index is 15.7. The lowest BCUT2D eigenvalue weighted by Crippen LogP contribution is -2.45. The Morgan fingerprint density at radius 2 is 1.89 bits per heavy atom. The molecule has 2 aromatic heterocycles. The molecular formula is C28H38FN3O5. The summed E-state index contributed by atoms with van der Waals surface area (Å²) in [6.45, 7) is 12.8. The average Bonchev–Trinajstić information content (AvgIpc) is 3.55. The molecule has 8 nitrogen and oxygen atoms in total. The number of halogens is 1. The molecule has 0 spiro atoms. The highest BCUT2D eigenvalue weighted by molar-refractivity contribution is 5.90. The molecule has 202 valence electrons. The molecule has 2 aromatic rings. The molecule has 0 unspecified atom stereocenters. The van der Waals surface area contributed by atoms with Crippen LogP contribution in [-0.4, -0.2) is 59.2 Å². The summed E-state index contributed by atoms with van der Waals surface area (Å²) in [5.41, 5.74) is 1.38. The third kappa shape index (κ3) is 5.45. The molecule has 1 atom stereocenters. The Bertz CT molecular complexity index is 1260. The number of aromatic nitrogens is 1. The number of esters is 1. The van der Waals surface area contributed by atoms with Crippen molar-refractivity contribution in [3.05, 3.63) is 45.1 Å². The summed E-state index contributed by atoms with van der Waals surface area (Å²) in [5.74, 6) is -0.999. The third-order valence-electron chi connectivity index (χ3n) is 6.97. The predicted molar refractivity (Wildman–Crippen MR) is 140 cm³/mol. The zero-order valence-corrected chi connectivity index (χ0v) is 22.7. The van der Waals surface area contributed by atoms with Gasteiger partial charge in [-0.3, -0.25) is 9.20 Å². The molecule has 1 saturated carbocycles. The Labute approximate surface area is 217 Å². The molecule has 4 rings (SSSR count). The highest BCUT2D eigenvalue weighted by Crippen LogP contribution is 2.44. The van der Waals surface area contributed by atoms with Crippen LogP contribution in [0.2, 0.25) is 0 Å². The van der Waals surface area contributed by atoms with Crippen molar-refractivity contribution >= 4 is 23.3 Å². The summed E-state index contributed by atoms with van der Waals surface area (Å²) >= 11 is 0. The van der Waals surface area contributed by atoms with Crippen molar-refractivity contribution in [2.24, 2.45) is 0 Å². The molecule has 2 fully saturated rings. The van der Waals surface area contributed by atoms with E-state index in [1.807, 2.05) is 39.5 Å². The van der Waals surface area contributed by atoms with Gasteiger partial charge in [0.25, 0.3) is 5.56 Å². The van der Waals surface area contributed by atoms with Gasteiger partial charge in [-0.05, 0) is 83.4 Å². The van der Waals surface area contributed by atoms with Crippen LogP contribution in [0.4, 0.5) is 14.9 Å². The van der Waals surface area contributed by atoms with Crippen molar-refractivity contribution in [2.45, 2.75) is 84.8 Å². The number of ether oxygens (including phenoxy) is 2. The Morgan fingerprint density at radius 3 is 2.49 bits per heavy atom. The van der Waals surface area contributed by atoms with Gasteiger partial charge >= 0.3 is 12.1 Å². The van der Waals surface area contributed by atoms with Gasteiger partial charge in [-0.2, -0.15) is 0 Å². The van der Waals surface area contributed by atoms with E-state index in [4.69, 9.17) is 9.47 Å². The number of carbonyl (C=O) groups excluding carboxylic acids is 2. The van der Waals surface area contributed by atoms with Crippen LogP contribution in [0.1, 0.15) is 87.7 Å². The van der Waals surface area contributed by atoms with Gasteiger partial charge in [-0.1, -0.05) is 6.92 Å². The number of carbonyl (C=O) groups is 2. The van der Waals surface area contributed by atoms with Crippen LogP contribution in [0.5, 0.6) is 0 Å². The van der Waals surface area contributed by atoms with Gasteiger partial charge in [0.15, 0.2) is 5.82 Å². The number of aryl methyl sites for hydroxylation is 1. The predicted octanol–water partition coefficient (Wildman–Crippen LogP) is 5.03. The maximum Gasteiger partial charge on any atom is 0.410 e. The van der Waals surface area contributed by atoms with Gasteiger partial charge in [-0.25, -0.2) is 14.0 Å². The van der Waals surface area contributed by atoms with Gasteiger partial charge in [-0.15, -0.1) is 0 Å². The van der Waals surface area contributed by atoms with Crippen LogP contribution >= 0.6 is 0 Å². The quantitative estimate of drug-likeness (QED) is 0.482. The number of hydrogen-bond acceptors (Lipinski definition) is 6. The number of hydrogen-bond donors (Lipinski definition) is 0. The summed E-state index contributed by atoms with van der Waals surface area (Å²) in [5, 5.41) is 0. The molecule has 0 N–H and O–H groups in total. The van der Waals surface area contributed by atoms with Gasteiger partial charge in [0.2, 0.25) is 0 Å². The Kier molecular flexibility index (Phi) is 7.53. The Hall–Kier alpha value is -3.10. The molecule has 1 aliphatic heterocycles. The first-order chi connectivity index (χ1) is 17.5. The minimum Gasteiger partial charge on any atom is -0.462 e. The van der Waals surface area contributed by atoms with Gasteiger partial charge in [0.1, 0.15) is 11.2 Å². The third-order valence-corrected chi connectivity index (χ3v) is 6.97. The number of pyridine rings is 2. The number of nitrogens with zero attached hydrogens (tertiary/aromatic N) is 3. The van der Waals surface area contributed by atoms with Crippen molar-refractivity contribution < 1.29 is 23.5 Å². The van der Waals surface area contributed by atoms with E-state index in [0.29, 0.717) is 42.8 Å². The van der Waals surface area contributed by atoms with Crippen molar-refractivity contribution in [2.75, 3.05) is 31.1 Å². The topological polar surface area (TPSA) is 80.6 Å². The van der Waals surface area contributed by atoms with E-state index >= 15 is 4.39 Å². The van der Waals surface area contributed by atoms with Crippen molar-refractivity contribution in [3.63, 3.8) is 0 Å². The SMILES string of the molecule is CCCN(C(=O)OC(C)(C)C)[C@H]1CCN(c2c(F)cn3c(=O)c(C(=O)OCC)cc(C4CC4)c3c2C)C1. The second-order valence-electron chi connectivity index (χ2n) is 11.0. The maximum atomic E-state index is 15.7. The molecule has 0 bridgehead atoms. The molecule has 1 amide bonds. The average molecular weight is 516 g/mol. The summed E-state index contributed by atoms with van der Waals surface area (Å²) in [6, 6.07) is 1.53. The first kappa shape index (κ1) is 26.9. The fourth-order valence-electron chi connectivity index (χ4n) is 5.27. The molecule has 0 radical (unpaired) electrons. The largest absolute Gasteiger partial charge is 0.462 e. The van der Waals surface area contributed by atoms with E-state index < -0.39 is 22.9 Å². The fourth-order valence-corrected chi connectivity index (χ4v) is 5.27. The van der Waals surface area contributed by atoms with Crippen LogP contribution in [0.3, 0.4) is 0 Å². The molecule has 3 heterocycles. The lowest BCUT2D eigenvalue weighted by atomic mass is 10.0. The summed E-state index contributed by atoms with van der Waals surface area (Å²) in [6.07, 6.45) is 4.22. The zero-order valence-electron chi connectivity index (χ0n) is 22.7. The molecular weight excluding hydrogens is 477 g/mol. The van der Waals surface area contributed by atoms with E-state index in [2.05, 4.69) is 0 Å². The number of fused-ring (bicyclic) bond motifs is 1. The van der Waals surface area contributed by atoms with E-state index in [-0.39, 0.29) is 30.2 Å². The number of amides is 1. The standard InChI is InChI=1S/C28H38FN3O5/c1-7-12-31(27(35)37-28(4,5)6)19-11-13-30(15-19)24-17(3)23-20(18-9-10-18)14-21(26(34)36-8-2)25(33)32(23)16-22(24)29/h14,16,18-19H,7-13,15H2,1-6H3/t19-/m0/s1. The summed E-state index contributed by atoms with van der Waals surface area (Å²) in [7, 11) is 0. The van der Waals surface area contributed by atoms with E-state index in [0.717, 1.165) is 24.8 Å². The molecule has 0 aromatic carbocycles. The van der Waals surface area contributed by atoms with Crippen LogP contribution in [0.15, 0.2) is 17.1 Å². The highest BCUT2D eigenvalue weighted by Gasteiger charge is 2.36. The lowest BCUT2D eigenvalue weighted by Gasteiger charge is -2.32. The first-order valence-corrected chi connectivity index (χ1v) is 13.3. The fraction of sp³-hybridized carbons (Fsp3) is 0.607. The normalized spacial score (nSPS) is 17.8. The van der Waals surface area contributed by atoms with Crippen molar-refractivity contribution in [1.29, 1.82) is 0 Å². The van der Waals surface area contributed by atoms with Gasteiger partial charge in [0, 0.05) is 19.6 Å². The molecule has 1 aliphatic carbocycles. The van der Waals surface area contributed by atoms with Crippen molar-refractivity contribution in [3.8, 4) is 0 Å². The van der Waals surface area contributed by atoms with Gasteiger partial charge < -0.3 is 19.3 Å². The van der Waals surface area contributed by atoms with Crippen LogP contribution in [0.25, 0.3) is 5.52 Å². The number of rotatable bonds is 7. The Balaban J connectivity index is 1.72. The second-order valence-corrected chi connectivity index (χ2v) is 11.0. The molecule has 9 heteroatoms. The lowest BCUT2D eigenvalue weighted by molar-refractivity contribution is 0.0178. The zero-order chi connectivity index (χ0) is 27.1. The van der Waals surface area contributed by atoms with Crippen LogP contribution in [-0.2, 0) is 9.47 Å². The summed E-state index contributed by atoms with van der Waals surface area (Å²) < 4.78 is 27.7. The highest BCUT2D eigenvalue weighted by atomic mass is 19.1. The second kappa shape index (κ2) is 10.3. The molecule has 2 aliphatic rings. The minimum atomic E-state index is -0.688. The van der Waals surface area contributed by atoms with E-state index in [9.17, 15) is 14.4 Å². The van der Waals surface area contributed by atoms with E-state index in [1.165, 1.54) is 10.6 Å². The molecule has 37 heavy (non-hydrogen) atoms. The van der Waals surface area contributed by atoms with Crippen LogP contribution < -0.4 is 10.5 Å². The summed E-state index contributed by atoms with van der Waals surface area (Å²) in [4.78, 5) is 42.3. The molecule has 1 saturated heterocycles. The van der Waals surface area contributed by atoms with Crippen molar-refractivity contribution in [1.82, 2.24) is 9.30 Å². The monoisotopic (exact) mass is 515 g/mol. The minimum absolute atomic E-state index is 0.0680. The smallest absolute Gasteiger partial charge is 0.410 e. The first-order valence-electron chi connectivity index (χ1n) is 13.3. The van der Waals surface area contributed by atoms with Crippen LogP contribution in [0, 0.1) is 12.7 Å².